The molecule has 0 radical (unpaired) electrons. The van der Waals surface area contributed by atoms with Gasteiger partial charge in [0.05, 0.1) is 19.3 Å². The Bertz CT molecular complexity index is 739. The van der Waals surface area contributed by atoms with E-state index in [1.54, 1.807) is 25.7 Å². The number of methoxy groups -OCH3 is 1. The molecule has 0 N–H and O–H groups in total. The molecular formula is C17H19N5O. The molecule has 2 aromatic heterocycles. The number of nitrogens with zero attached hydrogens (tertiary/aromatic N) is 5. The highest BCUT2D eigenvalue weighted by atomic mass is 16.5. The second kappa shape index (κ2) is 7.02. The summed E-state index contributed by atoms with van der Waals surface area (Å²) in [6, 6.07) is 7.93. The lowest BCUT2D eigenvalue weighted by Crippen LogP contribution is -2.20. The Labute approximate surface area is 135 Å². The molecule has 0 spiro atoms. The van der Waals surface area contributed by atoms with Gasteiger partial charge in [0.25, 0.3) is 0 Å². The van der Waals surface area contributed by atoms with Crippen LogP contribution in [-0.4, -0.2) is 38.6 Å². The third kappa shape index (κ3) is 3.73. The summed E-state index contributed by atoms with van der Waals surface area (Å²) in [4.78, 5) is 15.0. The lowest BCUT2D eigenvalue weighted by atomic mass is 10.3. The summed E-state index contributed by atoms with van der Waals surface area (Å²) in [5.74, 6) is 1.82. The fraction of sp³-hybridized carbons (Fsp3) is 0.235. The first-order valence-electron chi connectivity index (χ1n) is 7.36. The van der Waals surface area contributed by atoms with Gasteiger partial charge in [-0.1, -0.05) is 0 Å². The van der Waals surface area contributed by atoms with E-state index >= 15 is 0 Å². The number of hydrogen-bond acceptors (Lipinski definition) is 5. The van der Waals surface area contributed by atoms with Crippen molar-refractivity contribution in [1.82, 2.24) is 24.4 Å². The molecule has 0 aliphatic heterocycles. The van der Waals surface area contributed by atoms with E-state index in [0.717, 1.165) is 36.0 Å². The molecule has 3 rings (SSSR count). The quantitative estimate of drug-likeness (QED) is 0.699. The van der Waals surface area contributed by atoms with Gasteiger partial charge in [-0.3, -0.25) is 14.9 Å². The number of rotatable bonds is 6. The normalized spacial score (nSPS) is 10.9. The van der Waals surface area contributed by atoms with E-state index in [4.69, 9.17) is 4.74 Å². The van der Waals surface area contributed by atoms with E-state index in [0.29, 0.717) is 0 Å². The fourth-order valence-corrected chi connectivity index (χ4v) is 2.41. The largest absolute Gasteiger partial charge is 0.497 e. The molecule has 0 bridgehead atoms. The number of hydrogen-bond donors (Lipinski definition) is 0. The molecule has 0 saturated heterocycles. The summed E-state index contributed by atoms with van der Waals surface area (Å²) in [6.45, 7) is 1.44. The van der Waals surface area contributed by atoms with Crippen LogP contribution in [0.15, 0.2) is 55.2 Å². The highest BCUT2D eigenvalue weighted by Gasteiger charge is 2.09. The standard InChI is InChI=1S/C17H19N5O/c1-21(12-14-11-18-7-8-19-14)13-17-20-9-10-22(17)15-3-5-16(23-2)6-4-15/h3-11H,12-13H2,1-2H3. The Morgan fingerprint density at radius 1 is 1.04 bits per heavy atom. The van der Waals surface area contributed by atoms with Crippen LogP contribution >= 0.6 is 0 Å². The summed E-state index contributed by atoms with van der Waals surface area (Å²) < 4.78 is 7.28. The van der Waals surface area contributed by atoms with Crippen molar-refractivity contribution in [1.29, 1.82) is 0 Å². The Kier molecular flexibility index (Phi) is 4.63. The maximum absolute atomic E-state index is 5.20. The monoisotopic (exact) mass is 309 g/mol. The van der Waals surface area contributed by atoms with E-state index in [1.165, 1.54) is 0 Å². The Morgan fingerprint density at radius 3 is 2.57 bits per heavy atom. The lowest BCUT2D eigenvalue weighted by molar-refractivity contribution is 0.305. The molecule has 1 aromatic carbocycles. The van der Waals surface area contributed by atoms with E-state index in [9.17, 15) is 0 Å². The number of benzene rings is 1. The summed E-state index contributed by atoms with van der Waals surface area (Å²) in [6.07, 6.45) is 8.96. The number of ether oxygens (including phenoxy) is 1. The van der Waals surface area contributed by atoms with Crippen molar-refractivity contribution in [3.8, 4) is 11.4 Å². The molecule has 6 heteroatoms. The molecule has 2 heterocycles. The van der Waals surface area contributed by atoms with E-state index < -0.39 is 0 Å². The number of aromatic nitrogens is 4. The Hall–Kier alpha value is -2.73. The van der Waals surface area contributed by atoms with Gasteiger partial charge >= 0.3 is 0 Å². The van der Waals surface area contributed by atoms with Gasteiger partial charge in [0.1, 0.15) is 11.6 Å². The second-order valence-electron chi connectivity index (χ2n) is 5.28. The SMILES string of the molecule is COc1ccc(-n2ccnc2CN(C)Cc2cnccn2)cc1. The van der Waals surface area contributed by atoms with E-state index in [2.05, 4.69) is 24.4 Å². The predicted molar refractivity (Wildman–Crippen MR) is 87.3 cm³/mol. The molecule has 118 valence electrons. The van der Waals surface area contributed by atoms with E-state index in [-0.39, 0.29) is 0 Å². The van der Waals surface area contributed by atoms with Crippen molar-refractivity contribution in [2.24, 2.45) is 0 Å². The van der Waals surface area contributed by atoms with Gasteiger partial charge in [-0.2, -0.15) is 0 Å². The van der Waals surface area contributed by atoms with Crippen molar-refractivity contribution in [3.05, 3.63) is 66.8 Å². The zero-order valence-corrected chi connectivity index (χ0v) is 13.3. The third-order valence-corrected chi connectivity index (χ3v) is 3.53. The van der Waals surface area contributed by atoms with Gasteiger partial charge in [-0.15, -0.1) is 0 Å². The molecule has 0 amide bonds. The van der Waals surface area contributed by atoms with Gasteiger partial charge < -0.3 is 9.30 Å². The van der Waals surface area contributed by atoms with E-state index in [1.807, 2.05) is 43.7 Å². The highest BCUT2D eigenvalue weighted by Crippen LogP contribution is 2.17. The molecule has 0 aliphatic carbocycles. The van der Waals surface area contributed by atoms with Gasteiger partial charge in [-0.25, -0.2) is 4.98 Å². The van der Waals surface area contributed by atoms with Crippen LogP contribution in [0.5, 0.6) is 5.75 Å². The van der Waals surface area contributed by atoms with Crippen LogP contribution in [0.2, 0.25) is 0 Å². The summed E-state index contributed by atoms with van der Waals surface area (Å²) in [7, 11) is 3.71. The van der Waals surface area contributed by atoms with Crippen molar-refractivity contribution < 1.29 is 4.74 Å². The van der Waals surface area contributed by atoms with Crippen molar-refractivity contribution in [2.45, 2.75) is 13.1 Å². The van der Waals surface area contributed by atoms with Crippen LogP contribution in [0.4, 0.5) is 0 Å². The number of imidazole rings is 1. The van der Waals surface area contributed by atoms with Crippen LogP contribution in [0, 0.1) is 0 Å². The van der Waals surface area contributed by atoms with Gasteiger partial charge in [-0.05, 0) is 31.3 Å². The molecule has 0 fully saturated rings. The van der Waals surface area contributed by atoms with Crippen LogP contribution in [-0.2, 0) is 13.1 Å². The summed E-state index contributed by atoms with van der Waals surface area (Å²) in [5, 5.41) is 0. The van der Waals surface area contributed by atoms with Crippen molar-refractivity contribution >= 4 is 0 Å². The maximum Gasteiger partial charge on any atom is 0.127 e. The Balaban J connectivity index is 1.72. The molecule has 3 aromatic rings. The van der Waals surface area contributed by atoms with Crippen LogP contribution in [0.25, 0.3) is 5.69 Å². The average Bonchev–Trinajstić information content (AvgIpc) is 3.03. The second-order valence-corrected chi connectivity index (χ2v) is 5.28. The zero-order chi connectivity index (χ0) is 16.1. The zero-order valence-electron chi connectivity index (χ0n) is 13.3. The lowest BCUT2D eigenvalue weighted by Gasteiger charge is -2.17. The molecule has 23 heavy (non-hydrogen) atoms. The fourth-order valence-electron chi connectivity index (χ4n) is 2.41. The molecule has 6 nitrogen and oxygen atoms in total. The predicted octanol–water partition coefficient (Wildman–Crippen LogP) is 2.30. The van der Waals surface area contributed by atoms with Crippen LogP contribution in [0.1, 0.15) is 11.5 Å². The van der Waals surface area contributed by atoms with Crippen molar-refractivity contribution in [3.63, 3.8) is 0 Å². The molecule has 0 unspecified atom stereocenters. The molecule has 0 atom stereocenters. The van der Waals surface area contributed by atoms with Crippen molar-refractivity contribution in [2.75, 3.05) is 14.2 Å². The Morgan fingerprint density at radius 2 is 1.87 bits per heavy atom. The van der Waals surface area contributed by atoms with Crippen LogP contribution in [0.3, 0.4) is 0 Å². The minimum atomic E-state index is 0.718. The van der Waals surface area contributed by atoms with Gasteiger partial charge in [0, 0.05) is 43.2 Å². The minimum absolute atomic E-state index is 0.718. The van der Waals surface area contributed by atoms with Crippen LogP contribution < -0.4 is 4.74 Å². The molecule has 0 saturated carbocycles. The first-order chi connectivity index (χ1) is 11.3. The average molecular weight is 309 g/mol. The third-order valence-electron chi connectivity index (χ3n) is 3.53. The first kappa shape index (κ1) is 15.2. The summed E-state index contributed by atoms with van der Waals surface area (Å²) in [5.41, 5.74) is 2.00. The molecular weight excluding hydrogens is 290 g/mol. The maximum atomic E-state index is 5.20. The minimum Gasteiger partial charge on any atom is -0.497 e. The topological polar surface area (TPSA) is 56.1 Å². The smallest absolute Gasteiger partial charge is 0.127 e. The summed E-state index contributed by atoms with van der Waals surface area (Å²) >= 11 is 0. The highest BCUT2D eigenvalue weighted by molar-refractivity contribution is 5.38. The molecule has 0 aliphatic rings. The first-order valence-corrected chi connectivity index (χ1v) is 7.36. The van der Waals surface area contributed by atoms with Gasteiger partial charge in [0.2, 0.25) is 0 Å². The van der Waals surface area contributed by atoms with Gasteiger partial charge in [0.15, 0.2) is 0 Å².